The number of ether oxygens (including phenoxy) is 1. The fourth-order valence-corrected chi connectivity index (χ4v) is 8.61. The van der Waals surface area contributed by atoms with Crippen LogP contribution in [0.1, 0.15) is 52.4 Å². The Balaban J connectivity index is 1.20. The number of nitrogens with zero attached hydrogens (tertiary/aromatic N) is 4. The summed E-state index contributed by atoms with van der Waals surface area (Å²) < 4.78 is 32.7. The Bertz CT molecular complexity index is 1210. The predicted octanol–water partition coefficient (Wildman–Crippen LogP) is 3.32. The molecule has 1 N–H and O–H groups in total. The van der Waals surface area contributed by atoms with E-state index < -0.39 is 16.1 Å². The zero-order chi connectivity index (χ0) is 28.6. The Morgan fingerprint density at radius 1 is 0.925 bits per heavy atom. The second-order valence-electron chi connectivity index (χ2n) is 12.0. The van der Waals surface area contributed by atoms with Crippen LogP contribution in [0.2, 0.25) is 0 Å². The van der Waals surface area contributed by atoms with E-state index in [4.69, 9.17) is 0 Å². The lowest BCUT2D eigenvalue weighted by molar-refractivity contribution is -0.716. The molecule has 4 fully saturated rings. The molecule has 4 aliphatic rings. The maximum absolute atomic E-state index is 13.6. The van der Waals surface area contributed by atoms with Gasteiger partial charge in [0.25, 0.3) is 0 Å². The van der Waals surface area contributed by atoms with E-state index in [-0.39, 0.29) is 28.8 Å². The number of carbonyl (C=O) groups excluding carboxylic acids is 2. The van der Waals surface area contributed by atoms with Crippen molar-refractivity contribution < 1.29 is 27.6 Å². The number of hydrogen-bond acceptors (Lipinski definition) is 6. The van der Waals surface area contributed by atoms with Crippen molar-refractivity contribution in [1.29, 1.82) is 0 Å². The summed E-state index contributed by atoms with van der Waals surface area (Å²) in [6, 6.07) is 5.65. The van der Waals surface area contributed by atoms with Gasteiger partial charge >= 0.3 is 6.09 Å². The van der Waals surface area contributed by atoms with Gasteiger partial charge in [-0.25, -0.2) is 13.2 Å². The van der Waals surface area contributed by atoms with Crippen molar-refractivity contribution in [1.82, 2.24) is 14.2 Å². The molecule has 12 heteroatoms. The lowest BCUT2D eigenvalue weighted by atomic mass is 9.74. The van der Waals surface area contributed by atoms with Crippen LogP contribution in [0.4, 0.5) is 10.5 Å². The average Bonchev–Trinajstić information content (AvgIpc) is 3.22. The Hall–Kier alpha value is -2.73. The van der Waals surface area contributed by atoms with Crippen molar-refractivity contribution in [3.8, 4) is 0 Å². The molecule has 4 aliphatic heterocycles. The van der Waals surface area contributed by atoms with E-state index in [9.17, 15) is 22.9 Å². The number of rotatable bonds is 5. The van der Waals surface area contributed by atoms with E-state index >= 15 is 0 Å². The van der Waals surface area contributed by atoms with Crippen LogP contribution in [0, 0.1) is 28.6 Å². The molecule has 5 rings (SSSR count). The smallest absolute Gasteiger partial charge is 0.411 e. The molecular weight excluding hydrogens is 534 g/mol. The van der Waals surface area contributed by atoms with Gasteiger partial charge in [-0.1, -0.05) is 6.92 Å². The topological polar surface area (TPSA) is 119 Å². The van der Waals surface area contributed by atoms with E-state index in [0.29, 0.717) is 43.1 Å². The number of nitrogens with one attached hydrogen (secondary N) is 1. The Morgan fingerprint density at radius 3 is 2.17 bits per heavy atom. The first-order chi connectivity index (χ1) is 19.1. The molecule has 0 bridgehead atoms. The highest BCUT2D eigenvalue weighted by atomic mass is 32.2. The molecule has 1 aromatic rings. The van der Waals surface area contributed by atoms with Crippen molar-refractivity contribution in [2.24, 2.45) is 23.7 Å². The van der Waals surface area contributed by atoms with Crippen LogP contribution in [-0.4, -0.2) is 91.4 Å². The molecule has 1 aromatic carbocycles. The van der Waals surface area contributed by atoms with Crippen LogP contribution in [0.25, 0.3) is 0 Å². The van der Waals surface area contributed by atoms with Crippen LogP contribution in [0.5, 0.6) is 0 Å². The van der Waals surface area contributed by atoms with E-state index in [1.165, 1.54) is 19.2 Å². The van der Waals surface area contributed by atoms with Gasteiger partial charge in [0.05, 0.1) is 23.5 Å². The summed E-state index contributed by atoms with van der Waals surface area (Å²) in [6.07, 6.45) is 4.62. The third kappa shape index (κ3) is 5.57. The molecule has 4 heterocycles. The molecule has 2 amide bonds. The van der Waals surface area contributed by atoms with Gasteiger partial charge in [0.2, 0.25) is 22.0 Å². The monoisotopic (exact) mass is 576 g/mol. The van der Waals surface area contributed by atoms with Crippen molar-refractivity contribution in [3.63, 3.8) is 0 Å². The van der Waals surface area contributed by atoms with Crippen molar-refractivity contribution in [3.05, 3.63) is 29.2 Å². The molecule has 0 radical (unpaired) electrons. The fraction of sp³-hybridized carbons (Fsp3) is 0.714. The minimum Gasteiger partial charge on any atom is -0.453 e. The fourth-order valence-electron chi connectivity index (χ4n) is 7.14. The van der Waals surface area contributed by atoms with Crippen LogP contribution in [-0.2, 0) is 19.6 Å². The average molecular weight is 577 g/mol. The number of hydrogen-bond donors (Lipinski definition) is 1. The van der Waals surface area contributed by atoms with Gasteiger partial charge in [-0.2, -0.15) is 4.31 Å². The maximum atomic E-state index is 13.6. The first-order valence-electron chi connectivity index (χ1n) is 14.6. The van der Waals surface area contributed by atoms with Gasteiger partial charge in [-0.15, -0.1) is 5.01 Å². The largest absolute Gasteiger partial charge is 0.453 e. The standard InChI is InChI=1S/C28H41N5O6S/c1-19-8-13-30(14-9-19)27(34)26-20(2)33(36)32-17-12-22(18-25(26)32)21-10-15-31(16-11-21)40(37,38)24-6-4-23(5-7-24)29-28(35)39-3/h4-7,19-22,25-26H,8-18H2,1-3H3/p+1. The first-order valence-corrected chi connectivity index (χ1v) is 16.0. The normalized spacial score (nSPS) is 28.8. The summed E-state index contributed by atoms with van der Waals surface area (Å²) >= 11 is 0. The van der Waals surface area contributed by atoms with E-state index in [2.05, 4.69) is 17.0 Å². The summed E-state index contributed by atoms with van der Waals surface area (Å²) in [5.41, 5.74) is 0.459. The van der Waals surface area contributed by atoms with Crippen molar-refractivity contribution in [2.75, 3.05) is 45.2 Å². The van der Waals surface area contributed by atoms with Gasteiger partial charge < -0.3 is 9.64 Å². The number of amides is 2. The molecule has 0 aromatic heterocycles. The third-order valence-corrected chi connectivity index (χ3v) is 11.6. The SMILES string of the molecule is COC(=O)Nc1ccc(S(=O)(=O)N2CCC(C3CCN4C(C3)C(C(=O)N3CCC(C)CC3)C(C)[N+]4=O)CC2)cc1. The molecule has 40 heavy (non-hydrogen) atoms. The van der Waals surface area contributed by atoms with Gasteiger partial charge in [0.1, 0.15) is 16.8 Å². The molecule has 0 spiro atoms. The van der Waals surface area contributed by atoms with Crippen molar-refractivity contribution in [2.45, 2.75) is 69.4 Å². The Morgan fingerprint density at radius 2 is 1.55 bits per heavy atom. The molecule has 0 aliphatic carbocycles. The molecule has 0 saturated carbocycles. The van der Waals surface area contributed by atoms with Crippen LogP contribution >= 0.6 is 0 Å². The second kappa shape index (κ2) is 11.6. The maximum Gasteiger partial charge on any atom is 0.411 e. The number of sulfonamides is 1. The minimum absolute atomic E-state index is 0.0861. The summed E-state index contributed by atoms with van der Waals surface area (Å²) in [5, 5.41) is 4.41. The van der Waals surface area contributed by atoms with Crippen molar-refractivity contribution >= 4 is 27.7 Å². The predicted molar refractivity (Wildman–Crippen MR) is 149 cm³/mol. The minimum atomic E-state index is -3.65. The lowest BCUT2D eigenvalue weighted by Gasteiger charge is -2.40. The summed E-state index contributed by atoms with van der Waals surface area (Å²) in [6.45, 7) is 7.19. The highest BCUT2D eigenvalue weighted by Gasteiger charge is 2.59. The quantitative estimate of drug-likeness (QED) is 0.534. The number of anilines is 1. The second-order valence-corrected chi connectivity index (χ2v) is 13.9. The number of fused-ring (bicyclic) bond motifs is 1. The van der Waals surface area contributed by atoms with Crippen LogP contribution in [0.3, 0.4) is 0 Å². The number of carbonyl (C=O) groups is 2. The number of nitroso groups, excluding NO2 is 1. The highest BCUT2D eigenvalue weighted by molar-refractivity contribution is 7.89. The highest BCUT2D eigenvalue weighted by Crippen LogP contribution is 2.42. The Kier molecular flexibility index (Phi) is 8.37. The number of hydrazine groups is 1. The molecule has 4 atom stereocenters. The molecule has 11 nitrogen and oxygen atoms in total. The third-order valence-electron chi connectivity index (χ3n) is 9.66. The molecule has 4 saturated heterocycles. The van der Waals surface area contributed by atoms with Gasteiger partial charge in [0, 0.05) is 38.8 Å². The number of benzene rings is 1. The van der Waals surface area contributed by atoms with Gasteiger partial charge in [-0.05, 0) is 80.5 Å². The Labute approximate surface area is 236 Å². The summed E-state index contributed by atoms with van der Waals surface area (Å²) in [7, 11) is -2.38. The molecule has 220 valence electrons. The zero-order valence-corrected chi connectivity index (χ0v) is 24.5. The van der Waals surface area contributed by atoms with Crippen LogP contribution in [0.15, 0.2) is 29.2 Å². The number of piperidine rings is 3. The number of likely N-dealkylation sites (tertiary alicyclic amines) is 1. The van der Waals surface area contributed by atoms with E-state index in [1.807, 2.05) is 16.8 Å². The van der Waals surface area contributed by atoms with E-state index in [0.717, 1.165) is 56.5 Å². The first kappa shape index (κ1) is 28.8. The van der Waals surface area contributed by atoms with Gasteiger partial charge in [-0.3, -0.25) is 10.1 Å². The lowest BCUT2D eigenvalue weighted by Crippen LogP contribution is -2.50. The summed E-state index contributed by atoms with van der Waals surface area (Å²) in [5.74, 6) is 1.18. The molecule has 4 unspecified atom stereocenters. The van der Waals surface area contributed by atoms with E-state index in [1.54, 1.807) is 16.4 Å². The number of methoxy groups -OCH3 is 1. The summed E-state index contributed by atoms with van der Waals surface area (Å²) in [4.78, 5) is 41.3. The van der Waals surface area contributed by atoms with Crippen LogP contribution < -0.4 is 5.32 Å². The zero-order valence-electron chi connectivity index (χ0n) is 23.7. The molecular formula is C28H42N5O6S+. The van der Waals surface area contributed by atoms with Gasteiger partial charge in [0.15, 0.2) is 0 Å².